The molecule has 0 atom stereocenters. The molecule has 0 saturated carbocycles. The molecule has 0 aliphatic heterocycles. The summed E-state index contributed by atoms with van der Waals surface area (Å²) >= 11 is 0. The standard InChI is InChI=1S/C16H37NSi/c1-8-9-10-11-12-13-14-18(15(2)3,16(4)5)17(6)7/h15-16H,8-14H2,1-7H3. The molecule has 0 rings (SSSR count). The Bertz CT molecular complexity index is 177. The molecular formula is C16H37NSi. The van der Waals surface area contributed by atoms with Crippen molar-refractivity contribution < 1.29 is 0 Å². The second-order valence-corrected chi connectivity index (χ2v) is 12.4. The zero-order valence-corrected chi connectivity index (χ0v) is 15.1. The van der Waals surface area contributed by atoms with Gasteiger partial charge in [0.1, 0.15) is 8.24 Å². The van der Waals surface area contributed by atoms with E-state index in [1.54, 1.807) is 0 Å². The molecule has 110 valence electrons. The van der Waals surface area contributed by atoms with E-state index in [0.29, 0.717) is 0 Å². The largest absolute Gasteiger partial charge is 0.328 e. The van der Waals surface area contributed by atoms with E-state index < -0.39 is 8.24 Å². The maximum absolute atomic E-state index is 2.62. The fraction of sp³-hybridized carbons (Fsp3) is 1.00. The molecule has 0 aliphatic rings. The molecule has 0 amide bonds. The van der Waals surface area contributed by atoms with Gasteiger partial charge in [-0.25, -0.2) is 0 Å². The Kier molecular flexibility index (Phi) is 9.23. The Morgan fingerprint density at radius 2 is 1.22 bits per heavy atom. The molecular weight excluding hydrogens is 234 g/mol. The predicted octanol–water partition coefficient (Wildman–Crippen LogP) is 5.67. The third kappa shape index (κ3) is 5.04. The molecule has 18 heavy (non-hydrogen) atoms. The van der Waals surface area contributed by atoms with Gasteiger partial charge >= 0.3 is 0 Å². The van der Waals surface area contributed by atoms with Gasteiger partial charge in [-0.3, -0.25) is 0 Å². The number of unbranched alkanes of at least 4 members (excludes halogenated alkanes) is 5. The van der Waals surface area contributed by atoms with Crippen molar-refractivity contribution in [3.8, 4) is 0 Å². The Labute approximate surface area is 117 Å². The van der Waals surface area contributed by atoms with Crippen LogP contribution in [0.5, 0.6) is 0 Å². The number of hydrogen-bond acceptors (Lipinski definition) is 1. The molecule has 0 aromatic carbocycles. The van der Waals surface area contributed by atoms with E-state index in [4.69, 9.17) is 0 Å². The van der Waals surface area contributed by atoms with E-state index in [0.717, 1.165) is 11.1 Å². The Morgan fingerprint density at radius 3 is 1.61 bits per heavy atom. The predicted molar refractivity (Wildman–Crippen MR) is 87.8 cm³/mol. The highest BCUT2D eigenvalue weighted by Crippen LogP contribution is 2.38. The first-order valence-corrected chi connectivity index (χ1v) is 10.4. The van der Waals surface area contributed by atoms with Crippen LogP contribution in [0.1, 0.15) is 73.1 Å². The van der Waals surface area contributed by atoms with Gasteiger partial charge < -0.3 is 4.57 Å². The summed E-state index contributed by atoms with van der Waals surface area (Å²) in [5.74, 6) is 0. The molecule has 0 spiro atoms. The lowest BCUT2D eigenvalue weighted by Crippen LogP contribution is -2.54. The quantitative estimate of drug-likeness (QED) is 0.365. The monoisotopic (exact) mass is 271 g/mol. The molecule has 0 heterocycles. The summed E-state index contributed by atoms with van der Waals surface area (Å²) < 4.78 is 2.62. The SMILES string of the molecule is CCCCCCCC[Si](C(C)C)(C(C)C)N(C)C. The highest BCUT2D eigenvalue weighted by molar-refractivity contribution is 6.79. The van der Waals surface area contributed by atoms with Crippen molar-refractivity contribution >= 4 is 8.24 Å². The van der Waals surface area contributed by atoms with Gasteiger partial charge in [0.15, 0.2) is 0 Å². The molecule has 0 bridgehead atoms. The summed E-state index contributed by atoms with van der Waals surface area (Å²) in [6.45, 7) is 12.1. The summed E-state index contributed by atoms with van der Waals surface area (Å²) in [7, 11) is 3.38. The van der Waals surface area contributed by atoms with Gasteiger partial charge in [0, 0.05) is 0 Å². The van der Waals surface area contributed by atoms with Gasteiger partial charge in [-0.05, 0) is 31.2 Å². The van der Waals surface area contributed by atoms with E-state index in [-0.39, 0.29) is 0 Å². The third-order valence-corrected chi connectivity index (χ3v) is 11.6. The first kappa shape index (κ1) is 18.2. The molecule has 2 heteroatoms. The molecule has 0 aromatic rings. The Balaban J connectivity index is 4.26. The van der Waals surface area contributed by atoms with Crippen LogP contribution in [0.3, 0.4) is 0 Å². The van der Waals surface area contributed by atoms with Crippen LogP contribution in [0.15, 0.2) is 0 Å². The van der Waals surface area contributed by atoms with Crippen molar-refractivity contribution in [2.24, 2.45) is 0 Å². The lowest BCUT2D eigenvalue weighted by atomic mass is 10.1. The molecule has 0 fully saturated rings. The second kappa shape index (κ2) is 9.14. The number of hydrogen-bond donors (Lipinski definition) is 0. The summed E-state index contributed by atoms with van der Waals surface area (Å²) in [6.07, 6.45) is 8.56. The maximum Gasteiger partial charge on any atom is 0.133 e. The van der Waals surface area contributed by atoms with Crippen LogP contribution in [-0.2, 0) is 0 Å². The molecule has 0 unspecified atom stereocenters. The third-order valence-electron chi connectivity index (χ3n) is 4.76. The smallest absolute Gasteiger partial charge is 0.133 e. The van der Waals surface area contributed by atoms with Crippen molar-refractivity contribution in [1.29, 1.82) is 0 Å². The average molecular weight is 272 g/mol. The normalized spacial score (nSPS) is 13.0. The van der Waals surface area contributed by atoms with Crippen LogP contribution in [0.2, 0.25) is 17.1 Å². The van der Waals surface area contributed by atoms with Crippen LogP contribution in [0, 0.1) is 0 Å². The second-order valence-electron chi connectivity index (χ2n) is 6.71. The molecule has 0 N–H and O–H groups in total. The van der Waals surface area contributed by atoms with Crippen molar-refractivity contribution in [2.75, 3.05) is 14.1 Å². The van der Waals surface area contributed by atoms with Gasteiger partial charge in [0.25, 0.3) is 0 Å². The fourth-order valence-electron chi connectivity index (χ4n) is 3.69. The maximum atomic E-state index is 2.62. The van der Waals surface area contributed by atoms with Crippen LogP contribution in [0.25, 0.3) is 0 Å². The zero-order chi connectivity index (χ0) is 14.2. The lowest BCUT2D eigenvalue weighted by Gasteiger charge is -2.45. The highest BCUT2D eigenvalue weighted by Gasteiger charge is 2.41. The number of rotatable bonds is 10. The molecule has 0 saturated heterocycles. The summed E-state index contributed by atoms with van der Waals surface area (Å²) in [4.78, 5) is 0. The van der Waals surface area contributed by atoms with E-state index in [1.807, 2.05) is 0 Å². The van der Waals surface area contributed by atoms with Gasteiger partial charge in [0.2, 0.25) is 0 Å². The molecule has 1 nitrogen and oxygen atoms in total. The number of nitrogens with zero attached hydrogens (tertiary/aromatic N) is 1. The van der Waals surface area contributed by atoms with Crippen LogP contribution >= 0.6 is 0 Å². The van der Waals surface area contributed by atoms with Crippen LogP contribution in [0.4, 0.5) is 0 Å². The Hall–Kier alpha value is 0.177. The van der Waals surface area contributed by atoms with E-state index in [2.05, 4.69) is 53.3 Å². The topological polar surface area (TPSA) is 3.24 Å². The van der Waals surface area contributed by atoms with Crippen molar-refractivity contribution in [2.45, 2.75) is 90.3 Å². The first-order valence-electron chi connectivity index (χ1n) is 8.07. The summed E-state index contributed by atoms with van der Waals surface area (Å²) in [5.41, 5.74) is 1.73. The first-order chi connectivity index (χ1) is 8.39. The summed E-state index contributed by atoms with van der Waals surface area (Å²) in [5, 5.41) is 0. The minimum atomic E-state index is -1.26. The minimum absolute atomic E-state index is 0.864. The van der Waals surface area contributed by atoms with Gasteiger partial charge in [0.05, 0.1) is 0 Å². The van der Waals surface area contributed by atoms with E-state index >= 15 is 0 Å². The molecule has 0 radical (unpaired) electrons. The Morgan fingerprint density at radius 1 is 0.778 bits per heavy atom. The average Bonchev–Trinajstić information content (AvgIpc) is 2.26. The highest BCUT2D eigenvalue weighted by atomic mass is 28.3. The van der Waals surface area contributed by atoms with Crippen LogP contribution < -0.4 is 0 Å². The van der Waals surface area contributed by atoms with Crippen molar-refractivity contribution in [1.82, 2.24) is 4.57 Å². The molecule has 0 aromatic heterocycles. The minimum Gasteiger partial charge on any atom is -0.328 e. The van der Waals surface area contributed by atoms with Crippen LogP contribution in [-0.4, -0.2) is 26.9 Å². The zero-order valence-electron chi connectivity index (χ0n) is 14.1. The van der Waals surface area contributed by atoms with Crippen molar-refractivity contribution in [3.05, 3.63) is 0 Å². The van der Waals surface area contributed by atoms with Gasteiger partial charge in [-0.1, -0.05) is 73.1 Å². The summed E-state index contributed by atoms with van der Waals surface area (Å²) in [6, 6.07) is 1.49. The van der Waals surface area contributed by atoms with Gasteiger partial charge in [-0.15, -0.1) is 0 Å². The lowest BCUT2D eigenvalue weighted by molar-refractivity contribution is 0.545. The van der Waals surface area contributed by atoms with Gasteiger partial charge in [-0.2, -0.15) is 0 Å². The van der Waals surface area contributed by atoms with E-state index in [1.165, 1.54) is 44.6 Å². The molecule has 0 aliphatic carbocycles. The van der Waals surface area contributed by atoms with Crippen molar-refractivity contribution in [3.63, 3.8) is 0 Å². The fourth-order valence-corrected chi connectivity index (χ4v) is 9.51. The van der Waals surface area contributed by atoms with E-state index in [9.17, 15) is 0 Å².